The maximum atomic E-state index is 10.9. The summed E-state index contributed by atoms with van der Waals surface area (Å²) >= 11 is 0. The number of hydrogen-bond donors (Lipinski definition) is 0. The van der Waals surface area contributed by atoms with Crippen LogP contribution in [-0.4, -0.2) is 29.7 Å². The minimum absolute atomic E-state index is 0.363. The van der Waals surface area contributed by atoms with Crippen LogP contribution < -0.4 is 0 Å². The van der Waals surface area contributed by atoms with Crippen LogP contribution in [0, 0.1) is 5.21 Å². The Morgan fingerprint density at radius 2 is 2.33 bits per heavy atom. The highest BCUT2D eigenvalue weighted by Crippen LogP contribution is 2.10. The molecule has 1 aliphatic heterocycles. The van der Waals surface area contributed by atoms with Crippen molar-refractivity contribution in [3.8, 4) is 0 Å². The van der Waals surface area contributed by atoms with Crippen molar-refractivity contribution in [2.75, 3.05) is 13.2 Å². The first kappa shape index (κ1) is 6.55. The Kier molecular flexibility index (Phi) is 1.45. The van der Waals surface area contributed by atoms with E-state index in [-0.39, 0.29) is 5.54 Å². The summed E-state index contributed by atoms with van der Waals surface area (Å²) < 4.78 is 6.01. The molecular weight excluding hydrogens is 118 g/mol. The predicted octanol–water partition coefficient (Wildman–Crippen LogP) is 0.376. The normalized spacial score (nSPS) is 25.3. The van der Waals surface area contributed by atoms with Gasteiger partial charge in [0, 0.05) is 13.8 Å². The average Bonchev–Trinajstić information content (AvgIpc) is 1.77. The molecule has 3 heteroatoms. The van der Waals surface area contributed by atoms with Crippen LogP contribution in [0.2, 0.25) is 0 Å². The van der Waals surface area contributed by atoms with Gasteiger partial charge in [0.15, 0.2) is 11.8 Å². The SMILES string of the molecule is CC1(C)COCC=[N+]1[O-]. The van der Waals surface area contributed by atoms with Crippen molar-refractivity contribution in [2.24, 2.45) is 0 Å². The zero-order valence-electron chi connectivity index (χ0n) is 5.76. The van der Waals surface area contributed by atoms with Crippen molar-refractivity contribution in [2.45, 2.75) is 19.4 Å². The van der Waals surface area contributed by atoms with Crippen LogP contribution in [0.4, 0.5) is 0 Å². The van der Waals surface area contributed by atoms with Gasteiger partial charge in [0.05, 0.1) is 0 Å². The summed E-state index contributed by atoms with van der Waals surface area (Å²) in [5.41, 5.74) is -0.363. The first-order valence-corrected chi connectivity index (χ1v) is 3.00. The lowest BCUT2D eigenvalue weighted by Gasteiger charge is -2.26. The van der Waals surface area contributed by atoms with E-state index < -0.39 is 0 Å². The summed E-state index contributed by atoms with van der Waals surface area (Å²) in [6.45, 7) is 4.69. The Bertz CT molecular complexity index is 140. The van der Waals surface area contributed by atoms with Crippen molar-refractivity contribution < 1.29 is 9.48 Å². The quantitative estimate of drug-likeness (QED) is 0.350. The van der Waals surface area contributed by atoms with Crippen LogP contribution in [0.25, 0.3) is 0 Å². The van der Waals surface area contributed by atoms with E-state index in [0.29, 0.717) is 13.2 Å². The molecule has 9 heavy (non-hydrogen) atoms. The molecule has 0 saturated heterocycles. The molecule has 0 bridgehead atoms. The summed E-state index contributed by atoms with van der Waals surface area (Å²) in [5.74, 6) is 0. The van der Waals surface area contributed by atoms with E-state index in [4.69, 9.17) is 4.74 Å². The van der Waals surface area contributed by atoms with E-state index in [9.17, 15) is 5.21 Å². The molecule has 0 radical (unpaired) electrons. The molecule has 0 aliphatic carbocycles. The topological polar surface area (TPSA) is 35.3 Å². The fraction of sp³-hybridized carbons (Fsp3) is 0.833. The molecule has 0 aromatic heterocycles. The maximum absolute atomic E-state index is 10.9. The van der Waals surface area contributed by atoms with Crippen molar-refractivity contribution >= 4 is 6.21 Å². The molecule has 0 amide bonds. The van der Waals surface area contributed by atoms with E-state index in [1.165, 1.54) is 6.21 Å². The second-order valence-electron chi connectivity index (χ2n) is 2.84. The lowest BCUT2D eigenvalue weighted by Crippen LogP contribution is -2.42. The standard InChI is InChI=1S/C6H11NO2/c1-6(2)5-9-4-3-7(6)8/h3H,4-5H2,1-2H3. The zero-order valence-corrected chi connectivity index (χ0v) is 5.76. The van der Waals surface area contributed by atoms with Crippen molar-refractivity contribution in [3.63, 3.8) is 0 Å². The van der Waals surface area contributed by atoms with Crippen LogP contribution in [0.15, 0.2) is 0 Å². The molecule has 1 rings (SSSR count). The summed E-state index contributed by atoms with van der Waals surface area (Å²) in [6.07, 6.45) is 1.52. The Morgan fingerprint density at radius 1 is 1.67 bits per heavy atom. The van der Waals surface area contributed by atoms with E-state index in [1.807, 2.05) is 13.8 Å². The molecule has 1 heterocycles. The van der Waals surface area contributed by atoms with E-state index >= 15 is 0 Å². The molecule has 0 unspecified atom stereocenters. The van der Waals surface area contributed by atoms with Gasteiger partial charge < -0.3 is 9.94 Å². The van der Waals surface area contributed by atoms with Gasteiger partial charge in [0.2, 0.25) is 0 Å². The molecule has 0 saturated carbocycles. The van der Waals surface area contributed by atoms with Gasteiger partial charge in [-0.05, 0) is 0 Å². The van der Waals surface area contributed by atoms with Gasteiger partial charge >= 0.3 is 0 Å². The maximum Gasteiger partial charge on any atom is 0.190 e. The molecule has 52 valence electrons. The molecule has 3 nitrogen and oxygen atoms in total. The molecule has 1 aliphatic rings. The fourth-order valence-electron chi connectivity index (χ4n) is 0.740. The highest BCUT2D eigenvalue weighted by molar-refractivity contribution is 5.53. The predicted molar refractivity (Wildman–Crippen MR) is 34.6 cm³/mol. The molecule has 0 fully saturated rings. The second-order valence-corrected chi connectivity index (χ2v) is 2.84. The lowest BCUT2D eigenvalue weighted by molar-refractivity contribution is -0.550. The Hall–Kier alpha value is -0.570. The molecular formula is C6H11NO2. The number of hydroxylamine groups is 1. The molecule has 0 aromatic rings. The van der Waals surface area contributed by atoms with Gasteiger partial charge in [0.25, 0.3) is 0 Å². The third-order valence-electron chi connectivity index (χ3n) is 1.41. The average molecular weight is 129 g/mol. The van der Waals surface area contributed by atoms with Crippen LogP contribution in [0.5, 0.6) is 0 Å². The molecule has 0 spiro atoms. The third kappa shape index (κ3) is 1.21. The lowest BCUT2D eigenvalue weighted by atomic mass is 10.1. The van der Waals surface area contributed by atoms with Gasteiger partial charge in [0.1, 0.15) is 13.2 Å². The largest absolute Gasteiger partial charge is 0.624 e. The van der Waals surface area contributed by atoms with Crippen LogP contribution >= 0.6 is 0 Å². The minimum Gasteiger partial charge on any atom is -0.624 e. The van der Waals surface area contributed by atoms with Gasteiger partial charge in [-0.2, -0.15) is 0 Å². The summed E-state index contributed by atoms with van der Waals surface area (Å²) in [7, 11) is 0. The van der Waals surface area contributed by atoms with E-state index in [0.717, 1.165) is 4.74 Å². The molecule has 0 N–H and O–H groups in total. The van der Waals surface area contributed by atoms with E-state index in [2.05, 4.69) is 0 Å². The highest BCUT2D eigenvalue weighted by Gasteiger charge is 2.28. The minimum atomic E-state index is -0.363. The van der Waals surface area contributed by atoms with Gasteiger partial charge in [-0.1, -0.05) is 0 Å². The summed E-state index contributed by atoms with van der Waals surface area (Å²) in [5, 5.41) is 10.9. The van der Waals surface area contributed by atoms with Crippen molar-refractivity contribution in [1.29, 1.82) is 0 Å². The van der Waals surface area contributed by atoms with Crippen LogP contribution in [0.1, 0.15) is 13.8 Å². The molecule has 0 atom stereocenters. The second kappa shape index (κ2) is 1.99. The highest BCUT2D eigenvalue weighted by atomic mass is 16.5. The smallest absolute Gasteiger partial charge is 0.190 e. The number of ether oxygens (including phenoxy) is 1. The Balaban J connectivity index is 2.73. The number of rotatable bonds is 0. The third-order valence-corrected chi connectivity index (χ3v) is 1.41. The summed E-state index contributed by atoms with van der Waals surface area (Å²) in [4.78, 5) is 0. The Labute approximate surface area is 54.5 Å². The first-order chi connectivity index (χ1) is 4.13. The van der Waals surface area contributed by atoms with Gasteiger partial charge in [-0.3, -0.25) is 0 Å². The zero-order chi connectivity index (χ0) is 6.91. The number of hydrogen-bond acceptors (Lipinski definition) is 2. The first-order valence-electron chi connectivity index (χ1n) is 3.00. The van der Waals surface area contributed by atoms with E-state index in [1.54, 1.807) is 0 Å². The monoisotopic (exact) mass is 129 g/mol. The van der Waals surface area contributed by atoms with Gasteiger partial charge in [-0.15, -0.1) is 0 Å². The fourth-order valence-corrected chi connectivity index (χ4v) is 0.740. The number of nitrogens with zero attached hydrogens (tertiary/aromatic N) is 1. The molecule has 0 aromatic carbocycles. The van der Waals surface area contributed by atoms with Crippen molar-refractivity contribution in [1.82, 2.24) is 0 Å². The Morgan fingerprint density at radius 3 is 2.67 bits per heavy atom. The van der Waals surface area contributed by atoms with Crippen LogP contribution in [0.3, 0.4) is 0 Å². The van der Waals surface area contributed by atoms with Gasteiger partial charge in [-0.25, -0.2) is 4.74 Å². The van der Waals surface area contributed by atoms with Crippen molar-refractivity contribution in [3.05, 3.63) is 5.21 Å². The van der Waals surface area contributed by atoms with Crippen LogP contribution in [-0.2, 0) is 4.74 Å². The summed E-state index contributed by atoms with van der Waals surface area (Å²) in [6, 6.07) is 0.